The molecular weight excluding hydrogens is 305 g/mol. The molecule has 1 saturated heterocycles. The van der Waals surface area contributed by atoms with Gasteiger partial charge in [-0.2, -0.15) is 5.26 Å². The number of aromatic nitrogens is 3. The highest BCUT2D eigenvalue weighted by atomic mass is 19.1. The molecule has 1 aromatic carbocycles. The molecule has 0 radical (unpaired) electrons. The fourth-order valence-electron chi connectivity index (χ4n) is 3.81. The van der Waals surface area contributed by atoms with Crippen LogP contribution in [0.3, 0.4) is 0 Å². The maximum Gasteiger partial charge on any atom is 0.136 e. The van der Waals surface area contributed by atoms with Gasteiger partial charge in [0.15, 0.2) is 0 Å². The normalized spacial score (nSPS) is 18.5. The number of nitrogens with zero attached hydrogens (tertiary/aromatic N) is 5. The Balaban J connectivity index is 1.39. The van der Waals surface area contributed by atoms with Crippen LogP contribution in [0.4, 0.5) is 4.39 Å². The Labute approximate surface area is 140 Å². The number of piperidine rings is 1. The van der Waals surface area contributed by atoms with E-state index in [9.17, 15) is 4.39 Å². The van der Waals surface area contributed by atoms with Gasteiger partial charge in [-0.1, -0.05) is 6.07 Å². The molecule has 0 saturated carbocycles. The molecule has 2 aromatic rings. The van der Waals surface area contributed by atoms with Crippen molar-refractivity contribution in [3.63, 3.8) is 0 Å². The number of fused-ring (bicyclic) bond motifs is 1. The number of rotatable bonds is 3. The van der Waals surface area contributed by atoms with Gasteiger partial charge in [-0.25, -0.2) is 4.39 Å². The Morgan fingerprint density at radius 1 is 1.21 bits per heavy atom. The van der Waals surface area contributed by atoms with Crippen LogP contribution in [0.5, 0.6) is 0 Å². The van der Waals surface area contributed by atoms with Gasteiger partial charge in [0.25, 0.3) is 0 Å². The first-order valence-corrected chi connectivity index (χ1v) is 8.57. The summed E-state index contributed by atoms with van der Waals surface area (Å²) in [6.07, 6.45) is 4.30. The van der Waals surface area contributed by atoms with Crippen LogP contribution < -0.4 is 0 Å². The molecule has 3 heterocycles. The van der Waals surface area contributed by atoms with Crippen molar-refractivity contribution in [1.82, 2.24) is 19.7 Å². The van der Waals surface area contributed by atoms with E-state index in [4.69, 9.17) is 5.26 Å². The zero-order valence-electron chi connectivity index (χ0n) is 13.6. The molecule has 124 valence electrons. The lowest BCUT2D eigenvalue weighted by atomic mass is 9.95. The predicted octanol–water partition coefficient (Wildman–Crippen LogP) is 2.61. The highest BCUT2D eigenvalue weighted by Gasteiger charge is 2.27. The van der Waals surface area contributed by atoms with E-state index < -0.39 is 0 Å². The highest BCUT2D eigenvalue weighted by Crippen LogP contribution is 2.30. The van der Waals surface area contributed by atoms with Crippen LogP contribution in [-0.4, -0.2) is 32.8 Å². The maximum atomic E-state index is 14.0. The molecule has 2 aliphatic rings. The smallest absolute Gasteiger partial charge is 0.136 e. The number of nitriles is 1. The minimum atomic E-state index is -0.286. The topological polar surface area (TPSA) is 57.7 Å². The molecule has 2 aliphatic heterocycles. The number of hydrogen-bond acceptors (Lipinski definition) is 4. The van der Waals surface area contributed by atoms with Crippen LogP contribution in [0.2, 0.25) is 0 Å². The molecule has 1 aromatic heterocycles. The lowest BCUT2D eigenvalue weighted by molar-refractivity contribution is 0.198. The van der Waals surface area contributed by atoms with Crippen molar-refractivity contribution in [3.8, 4) is 6.07 Å². The molecule has 5 nitrogen and oxygen atoms in total. The van der Waals surface area contributed by atoms with Crippen LogP contribution in [0.1, 0.15) is 48.0 Å². The first kappa shape index (κ1) is 15.3. The minimum Gasteiger partial charge on any atom is -0.315 e. The zero-order valence-corrected chi connectivity index (χ0v) is 13.6. The monoisotopic (exact) mass is 325 g/mol. The Hall–Kier alpha value is -2.26. The quantitative estimate of drug-likeness (QED) is 0.870. The van der Waals surface area contributed by atoms with Crippen molar-refractivity contribution in [3.05, 3.63) is 46.8 Å². The van der Waals surface area contributed by atoms with Gasteiger partial charge in [0, 0.05) is 31.0 Å². The van der Waals surface area contributed by atoms with Crippen LogP contribution in [-0.2, 0) is 19.5 Å². The fraction of sp³-hybridized carbons (Fsp3) is 0.500. The van der Waals surface area contributed by atoms with E-state index >= 15 is 0 Å². The van der Waals surface area contributed by atoms with E-state index in [2.05, 4.69) is 19.7 Å². The van der Waals surface area contributed by atoms with Crippen LogP contribution in [0, 0.1) is 17.1 Å². The van der Waals surface area contributed by atoms with Gasteiger partial charge in [0.2, 0.25) is 0 Å². The van der Waals surface area contributed by atoms with E-state index in [0.29, 0.717) is 23.6 Å². The summed E-state index contributed by atoms with van der Waals surface area (Å²) in [7, 11) is 0. The lowest BCUT2D eigenvalue weighted by Crippen LogP contribution is -2.33. The van der Waals surface area contributed by atoms with E-state index in [1.807, 2.05) is 6.07 Å². The lowest BCUT2D eigenvalue weighted by Gasteiger charge is -2.31. The third-order valence-corrected chi connectivity index (χ3v) is 5.17. The number of hydrogen-bond donors (Lipinski definition) is 0. The SMILES string of the molecule is N#Cc1ccc(CN2CCC(c3nnc4n3CCC4)CC2)c(F)c1. The molecular formula is C18H20FN5. The predicted molar refractivity (Wildman–Crippen MR) is 86.7 cm³/mol. The summed E-state index contributed by atoms with van der Waals surface area (Å²) in [5, 5.41) is 17.5. The molecule has 4 rings (SSSR count). The van der Waals surface area contributed by atoms with Crippen molar-refractivity contribution >= 4 is 0 Å². The van der Waals surface area contributed by atoms with Gasteiger partial charge in [-0.15, -0.1) is 10.2 Å². The van der Waals surface area contributed by atoms with Crippen molar-refractivity contribution < 1.29 is 4.39 Å². The zero-order chi connectivity index (χ0) is 16.5. The van der Waals surface area contributed by atoms with Crippen LogP contribution in [0.15, 0.2) is 18.2 Å². The molecule has 0 spiro atoms. The number of halogens is 1. The van der Waals surface area contributed by atoms with Crippen molar-refractivity contribution in [1.29, 1.82) is 5.26 Å². The molecule has 0 N–H and O–H groups in total. The average molecular weight is 325 g/mol. The Bertz CT molecular complexity index is 783. The molecule has 0 unspecified atom stereocenters. The third kappa shape index (κ3) is 2.80. The van der Waals surface area contributed by atoms with Gasteiger partial charge in [0.1, 0.15) is 17.5 Å². The number of likely N-dealkylation sites (tertiary alicyclic amines) is 1. The van der Waals surface area contributed by atoms with E-state index in [1.54, 1.807) is 12.1 Å². The van der Waals surface area contributed by atoms with Gasteiger partial charge in [-0.3, -0.25) is 4.90 Å². The molecule has 0 amide bonds. The van der Waals surface area contributed by atoms with E-state index in [0.717, 1.165) is 50.5 Å². The second-order valence-electron chi connectivity index (χ2n) is 6.70. The molecule has 0 bridgehead atoms. The van der Waals surface area contributed by atoms with Gasteiger partial charge < -0.3 is 4.57 Å². The first-order chi connectivity index (χ1) is 11.7. The van der Waals surface area contributed by atoms with E-state index in [1.165, 1.54) is 12.5 Å². The van der Waals surface area contributed by atoms with E-state index in [-0.39, 0.29) is 5.82 Å². The van der Waals surface area contributed by atoms with Crippen LogP contribution in [0.25, 0.3) is 0 Å². The Morgan fingerprint density at radius 3 is 2.79 bits per heavy atom. The summed E-state index contributed by atoms with van der Waals surface area (Å²) in [5.74, 6) is 2.46. The summed E-state index contributed by atoms with van der Waals surface area (Å²) in [5.41, 5.74) is 1.03. The van der Waals surface area contributed by atoms with Gasteiger partial charge in [-0.05, 0) is 44.5 Å². The average Bonchev–Trinajstić information content (AvgIpc) is 3.21. The molecule has 0 atom stereocenters. The first-order valence-electron chi connectivity index (χ1n) is 8.57. The second kappa shape index (κ2) is 6.33. The highest BCUT2D eigenvalue weighted by molar-refractivity contribution is 5.32. The van der Waals surface area contributed by atoms with Gasteiger partial charge >= 0.3 is 0 Å². The number of benzene rings is 1. The number of aryl methyl sites for hydroxylation is 1. The second-order valence-corrected chi connectivity index (χ2v) is 6.70. The maximum absolute atomic E-state index is 14.0. The van der Waals surface area contributed by atoms with Crippen molar-refractivity contribution in [2.75, 3.05) is 13.1 Å². The molecule has 24 heavy (non-hydrogen) atoms. The molecule has 1 fully saturated rings. The summed E-state index contributed by atoms with van der Waals surface area (Å²) in [6.45, 7) is 3.52. The van der Waals surface area contributed by atoms with Crippen molar-refractivity contribution in [2.24, 2.45) is 0 Å². The van der Waals surface area contributed by atoms with Crippen LogP contribution >= 0.6 is 0 Å². The third-order valence-electron chi connectivity index (χ3n) is 5.17. The summed E-state index contributed by atoms with van der Waals surface area (Å²) in [6, 6.07) is 6.71. The Kier molecular flexibility index (Phi) is 4.03. The standard InChI is InChI=1S/C18H20FN5/c19-16-10-13(11-20)3-4-15(16)12-23-8-5-14(6-9-23)18-22-21-17-2-1-7-24(17)18/h3-4,10,14H,1-2,5-9,12H2. The Morgan fingerprint density at radius 2 is 2.04 bits per heavy atom. The summed E-state index contributed by atoms with van der Waals surface area (Å²) in [4.78, 5) is 2.28. The molecule has 0 aliphatic carbocycles. The van der Waals surface area contributed by atoms with Gasteiger partial charge in [0.05, 0.1) is 11.6 Å². The summed E-state index contributed by atoms with van der Waals surface area (Å²) < 4.78 is 16.3. The summed E-state index contributed by atoms with van der Waals surface area (Å²) >= 11 is 0. The molecule has 6 heteroatoms. The van der Waals surface area contributed by atoms with Crippen molar-refractivity contribution in [2.45, 2.75) is 44.7 Å². The largest absolute Gasteiger partial charge is 0.315 e. The fourth-order valence-corrected chi connectivity index (χ4v) is 3.81. The minimum absolute atomic E-state index is 0.286.